The van der Waals surface area contributed by atoms with E-state index >= 15 is 0 Å². The number of hydrogen-bond donors (Lipinski definition) is 1. The number of hydrogen-bond acceptors (Lipinski definition) is 5. The van der Waals surface area contributed by atoms with Crippen molar-refractivity contribution >= 4 is 68.6 Å². The molecule has 7 rings (SSSR count). The number of allylic oxidation sites excluding steroid dienone is 2. The van der Waals surface area contributed by atoms with Gasteiger partial charge in [0.2, 0.25) is 23.6 Å². The van der Waals surface area contributed by atoms with Crippen molar-refractivity contribution < 1.29 is 28.7 Å². The molecule has 1 N–H and O–H groups in total. The Morgan fingerprint density at radius 2 is 1.67 bits per heavy atom. The first-order valence-corrected chi connectivity index (χ1v) is 15.8. The fourth-order valence-corrected chi connectivity index (χ4v) is 8.55. The van der Waals surface area contributed by atoms with Gasteiger partial charge in [0.1, 0.15) is 11.6 Å². The van der Waals surface area contributed by atoms with Gasteiger partial charge < -0.3 is 5.11 Å². The minimum absolute atomic E-state index is 0.0619. The van der Waals surface area contributed by atoms with Crippen LogP contribution in [0.1, 0.15) is 36.8 Å². The molecule has 2 heterocycles. The monoisotopic (exact) mass is 688 g/mol. The number of imide groups is 2. The number of amides is 4. The topological polar surface area (TPSA) is 95.0 Å². The Bertz CT molecular complexity index is 1880. The molecule has 4 amide bonds. The average molecular weight is 690 g/mol. The van der Waals surface area contributed by atoms with Crippen LogP contribution < -0.4 is 9.80 Å². The van der Waals surface area contributed by atoms with Gasteiger partial charge in [-0.3, -0.25) is 24.1 Å². The predicted molar refractivity (Wildman–Crippen MR) is 171 cm³/mol. The Morgan fingerprint density at radius 1 is 0.956 bits per heavy atom. The number of carbonyl (C=O) groups is 4. The smallest absolute Gasteiger partial charge is 0.241 e. The molecule has 4 aliphatic rings. The van der Waals surface area contributed by atoms with Gasteiger partial charge in [-0.2, -0.15) is 0 Å². The molecule has 3 fully saturated rings. The molecule has 2 aliphatic carbocycles. The van der Waals surface area contributed by atoms with Gasteiger partial charge in [-0.05, 0) is 79.8 Å². The number of fused-ring (bicyclic) bond motifs is 4. The number of phenolic OH excluding ortho intramolecular Hbond substituents is 1. The Hall–Kier alpha value is -4.08. The van der Waals surface area contributed by atoms with Crippen LogP contribution in [0.4, 0.5) is 15.8 Å². The van der Waals surface area contributed by atoms with Crippen LogP contribution in [-0.2, 0) is 19.2 Å². The number of phenols is 1. The highest BCUT2D eigenvalue weighted by Crippen LogP contribution is 2.64. The highest BCUT2D eigenvalue weighted by molar-refractivity contribution is 9.10. The maximum atomic E-state index is 14.5. The molecule has 2 aliphatic heterocycles. The van der Waals surface area contributed by atoms with Crippen molar-refractivity contribution in [2.45, 2.75) is 25.7 Å². The van der Waals surface area contributed by atoms with Crippen LogP contribution in [-0.4, -0.2) is 28.7 Å². The summed E-state index contributed by atoms with van der Waals surface area (Å²) in [6, 6.07) is 15.6. The lowest BCUT2D eigenvalue weighted by atomic mass is 9.51. The van der Waals surface area contributed by atoms with Gasteiger partial charge in [-0.15, -0.1) is 0 Å². The average Bonchev–Trinajstić information content (AvgIpc) is 3.39. The molecule has 1 saturated carbocycles. The number of nitrogens with zero attached hydrogens (tertiary/aromatic N) is 2. The Kier molecular flexibility index (Phi) is 6.91. The standard InChI is InChI=1S/C35H27BrClFN2O5/c1-3-17-4-7-19(8-5-17)39-31(42)22-11-10-21-23(29(22)33(39)44)16-25-32(43)40(20-9-12-27(38)26(37)15-20)34(45)35(25,2)30(21)24-14-18(36)6-13-28(24)41/h3-10,12-15,22-23,25,29-30,41H,1,11,16H2,2H3. The predicted octanol–water partition coefficient (Wildman–Crippen LogP) is 7.03. The summed E-state index contributed by atoms with van der Waals surface area (Å²) in [6.45, 7) is 5.47. The molecule has 0 radical (unpaired) electrons. The van der Waals surface area contributed by atoms with E-state index in [0.717, 1.165) is 22.1 Å². The number of anilines is 2. The fourth-order valence-electron chi connectivity index (χ4n) is 8.00. The molecular formula is C35H27BrClFN2O5. The molecular weight excluding hydrogens is 663 g/mol. The molecule has 0 bridgehead atoms. The van der Waals surface area contributed by atoms with Crippen molar-refractivity contribution in [1.29, 1.82) is 0 Å². The molecule has 3 aromatic rings. The largest absolute Gasteiger partial charge is 0.508 e. The van der Waals surface area contributed by atoms with Crippen LogP contribution in [0.25, 0.3) is 6.08 Å². The lowest BCUT2D eigenvalue weighted by Gasteiger charge is -2.49. The van der Waals surface area contributed by atoms with E-state index in [0.29, 0.717) is 15.7 Å². The van der Waals surface area contributed by atoms with Crippen molar-refractivity contribution in [3.05, 3.63) is 105 Å². The summed E-state index contributed by atoms with van der Waals surface area (Å²) in [5, 5.41) is 10.9. The summed E-state index contributed by atoms with van der Waals surface area (Å²) in [6.07, 6.45) is 4.01. The van der Waals surface area contributed by atoms with E-state index in [4.69, 9.17) is 11.6 Å². The zero-order valence-electron chi connectivity index (χ0n) is 24.0. The number of benzene rings is 3. The second kappa shape index (κ2) is 10.5. The highest BCUT2D eigenvalue weighted by atomic mass is 79.9. The molecule has 7 nitrogen and oxygen atoms in total. The molecule has 45 heavy (non-hydrogen) atoms. The Balaban J connectivity index is 1.37. The SMILES string of the molecule is C=Cc1ccc(N2C(=O)C3CC=C4C(CC5C(=O)N(c6ccc(F)c(Cl)c6)C(=O)C5(C)C4c4cc(Br)ccc4O)C3C2=O)cc1. The summed E-state index contributed by atoms with van der Waals surface area (Å²) in [5.41, 5.74) is 1.25. The van der Waals surface area contributed by atoms with Crippen molar-refractivity contribution in [3.63, 3.8) is 0 Å². The summed E-state index contributed by atoms with van der Waals surface area (Å²) < 4.78 is 14.7. The van der Waals surface area contributed by atoms with Gasteiger partial charge in [-0.1, -0.05) is 64.0 Å². The van der Waals surface area contributed by atoms with Gasteiger partial charge in [0.25, 0.3) is 0 Å². The fraction of sp³-hybridized carbons (Fsp3) is 0.257. The van der Waals surface area contributed by atoms with E-state index < -0.39 is 52.6 Å². The van der Waals surface area contributed by atoms with E-state index in [1.807, 2.05) is 6.08 Å². The van der Waals surface area contributed by atoms with Gasteiger partial charge in [-0.25, -0.2) is 9.29 Å². The van der Waals surface area contributed by atoms with E-state index in [1.165, 1.54) is 23.1 Å². The maximum absolute atomic E-state index is 14.5. The Labute approximate surface area is 272 Å². The summed E-state index contributed by atoms with van der Waals surface area (Å²) >= 11 is 9.54. The molecule has 3 aromatic carbocycles. The minimum atomic E-state index is -1.36. The molecule has 6 unspecified atom stereocenters. The lowest BCUT2D eigenvalue weighted by Crippen LogP contribution is -2.48. The molecule has 6 atom stereocenters. The van der Waals surface area contributed by atoms with Crippen molar-refractivity contribution in [2.75, 3.05) is 9.80 Å². The van der Waals surface area contributed by atoms with Crippen molar-refractivity contribution in [2.24, 2.45) is 29.1 Å². The summed E-state index contributed by atoms with van der Waals surface area (Å²) in [4.78, 5) is 58.9. The first kappa shape index (κ1) is 29.6. The molecule has 0 aromatic heterocycles. The third kappa shape index (κ3) is 4.20. The summed E-state index contributed by atoms with van der Waals surface area (Å²) in [5.74, 6) is -6.05. The van der Waals surface area contributed by atoms with Gasteiger partial charge in [0.15, 0.2) is 0 Å². The molecule has 2 saturated heterocycles. The van der Waals surface area contributed by atoms with Crippen LogP contribution in [0.3, 0.4) is 0 Å². The third-order valence-electron chi connectivity index (χ3n) is 10.1. The minimum Gasteiger partial charge on any atom is -0.508 e. The van der Waals surface area contributed by atoms with Gasteiger partial charge in [0.05, 0.1) is 39.6 Å². The number of aromatic hydroxyl groups is 1. The van der Waals surface area contributed by atoms with E-state index in [-0.39, 0.29) is 41.1 Å². The molecule has 228 valence electrons. The van der Waals surface area contributed by atoms with Crippen molar-refractivity contribution in [1.82, 2.24) is 0 Å². The number of rotatable bonds is 4. The number of halogens is 3. The van der Waals surface area contributed by atoms with Crippen LogP contribution in [0.15, 0.2) is 83.4 Å². The van der Waals surface area contributed by atoms with Gasteiger partial charge >= 0.3 is 0 Å². The van der Waals surface area contributed by atoms with Crippen LogP contribution in [0, 0.1) is 34.9 Å². The molecule has 0 spiro atoms. The lowest BCUT2D eigenvalue weighted by molar-refractivity contribution is -0.131. The highest BCUT2D eigenvalue weighted by Gasteiger charge is 2.68. The van der Waals surface area contributed by atoms with E-state index in [9.17, 15) is 28.7 Å². The second-order valence-corrected chi connectivity index (χ2v) is 13.6. The zero-order valence-corrected chi connectivity index (χ0v) is 26.4. The third-order valence-corrected chi connectivity index (χ3v) is 10.9. The quantitative estimate of drug-likeness (QED) is 0.235. The summed E-state index contributed by atoms with van der Waals surface area (Å²) in [7, 11) is 0. The maximum Gasteiger partial charge on any atom is 0.241 e. The van der Waals surface area contributed by atoms with Crippen LogP contribution in [0.2, 0.25) is 5.02 Å². The first-order valence-electron chi connectivity index (χ1n) is 14.6. The normalized spacial score (nSPS) is 29.0. The number of carbonyl (C=O) groups excluding carboxylic acids is 4. The molecule has 10 heteroatoms. The van der Waals surface area contributed by atoms with Crippen LogP contribution in [0.5, 0.6) is 5.75 Å². The Morgan fingerprint density at radius 3 is 2.36 bits per heavy atom. The van der Waals surface area contributed by atoms with E-state index in [1.54, 1.807) is 49.4 Å². The zero-order chi connectivity index (χ0) is 31.9. The van der Waals surface area contributed by atoms with E-state index in [2.05, 4.69) is 22.5 Å². The first-order chi connectivity index (χ1) is 21.5. The van der Waals surface area contributed by atoms with Crippen molar-refractivity contribution in [3.8, 4) is 5.75 Å². The second-order valence-electron chi connectivity index (χ2n) is 12.3. The van der Waals surface area contributed by atoms with Gasteiger partial charge in [0, 0.05) is 16.0 Å². The van der Waals surface area contributed by atoms with Crippen LogP contribution >= 0.6 is 27.5 Å².